The van der Waals surface area contributed by atoms with Crippen LogP contribution in [0.1, 0.15) is 25.0 Å². The van der Waals surface area contributed by atoms with E-state index in [1.807, 2.05) is 12.1 Å². The molecule has 0 saturated heterocycles. The largest absolute Gasteiger partial charge is 0.440 e. The van der Waals surface area contributed by atoms with Crippen LogP contribution in [0.25, 0.3) is 44.3 Å². The Kier molecular flexibility index (Phi) is 5.21. The monoisotopic (exact) mass is 511 g/mol. The number of rotatable bonds is 4. The van der Waals surface area contributed by atoms with Crippen molar-refractivity contribution in [2.45, 2.75) is 19.3 Å². The van der Waals surface area contributed by atoms with Crippen molar-refractivity contribution in [3.05, 3.63) is 131 Å². The summed E-state index contributed by atoms with van der Waals surface area (Å²) >= 11 is 7.13. The Hall–Kier alpha value is -4.27. The van der Waals surface area contributed by atoms with E-state index in [9.17, 15) is 0 Å². The zero-order valence-corrected chi connectivity index (χ0v) is 22.0. The molecular formula is C35H26ClNO. The third kappa shape index (κ3) is 3.64. The fraction of sp³-hybridized carbons (Fsp3) is 0.0857. The normalized spacial score (nSPS) is 13.3. The average molecular weight is 512 g/mol. The molecule has 1 aliphatic carbocycles. The van der Waals surface area contributed by atoms with Crippen LogP contribution in [0.5, 0.6) is 0 Å². The Bertz CT molecular complexity index is 1830. The van der Waals surface area contributed by atoms with Crippen molar-refractivity contribution >= 4 is 34.1 Å². The van der Waals surface area contributed by atoms with Gasteiger partial charge in [0.1, 0.15) is 5.58 Å². The molecular weight excluding hydrogens is 486 g/mol. The van der Waals surface area contributed by atoms with Crippen LogP contribution in [-0.4, -0.2) is 0 Å². The maximum atomic E-state index is 7.13. The smallest absolute Gasteiger partial charge is 0.198 e. The van der Waals surface area contributed by atoms with Crippen LogP contribution < -0.4 is 5.32 Å². The molecule has 0 fully saturated rings. The van der Waals surface area contributed by atoms with Crippen molar-refractivity contribution in [2.24, 2.45) is 0 Å². The first-order chi connectivity index (χ1) is 18.5. The van der Waals surface area contributed by atoms with Gasteiger partial charge in [-0.3, -0.25) is 0 Å². The van der Waals surface area contributed by atoms with Crippen LogP contribution in [0.3, 0.4) is 0 Å². The quantitative estimate of drug-likeness (QED) is 0.254. The second-order valence-corrected chi connectivity index (χ2v) is 10.8. The molecule has 3 heteroatoms. The second kappa shape index (κ2) is 8.65. The molecule has 0 saturated carbocycles. The summed E-state index contributed by atoms with van der Waals surface area (Å²) < 4.78 is 6.25. The van der Waals surface area contributed by atoms with Gasteiger partial charge in [-0.2, -0.15) is 0 Å². The summed E-state index contributed by atoms with van der Waals surface area (Å²) in [4.78, 5) is 0. The zero-order chi connectivity index (χ0) is 25.9. The Morgan fingerprint density at radius 2 is 1.42 bits per heavy atom. The Balaban J connectivity index is 1.24. The predicted octanol–water partition coefficient (Wildman–Crippen LogP) is 10.5. The van der Waals surface area contributed by atoms with Crippen molar-refractivity contribution in [2.75, 3.05) is 5.32 Å². The third-order valence-corrected chi connectivity index (χ3v) is 8.15. The summed E-state index contributed by atoms with van der Waals surface area (Å²) in [6.07, 6.45) is 0. The van der Waals surface area contributed by atoms with Gasteiger partial charge in [0.05, 0.1) is 5.02 Å². The lowest BCUT2D eigenvalue weighted by Gasteiger charge is -2.21. The highest BCUT2D eigenvalue weighted by Gasteiger charge is 2.37. The van der Waals surface area contributed by atoms with Gasteiger partial charge in [0.2, 0.25) is 0 Å². The summed E-state index contributed by atoms with van der Waals surface area (Å²) in [6.45, 7) is 4.54. The Morgan fingerprint density at radius 3 is 2.29 bits per heavy atom. The molecule has 6 aromatic rings. The molecule has 1 N–H and O–H groups in total. The van der Waals surface area contributed by atoms with Crippen molar-refractivity contribution < 1.29 is 4.42 Å². The molecule has 0 aliphatic heterocycles. The van der Waals surface area contributed by atoms with Crippen LogP contribution >= 0.6 is 11.6 Å². The molecule has 5 aromatic carbocycles. The molecule has 0 atom stereocenters. The number of halogens is 1. The van der Waals surface area contributed by atoms with Gasteiger partial charge in [0.15, 0.2) is 5.88 Å². The lowest BCUT2D eigenvalue weighted by atomic mass is 9.82. The van der Waals surface area contributed by atoms with Crippen LogP contribution in [0, 0.1) is 0 Å². The maximum absolute atomic E-state index is 7.13. The Morgan fingerprint density at radius 1 is 0.632 bits per heavy atom. The zero-order valence-electron chi connectivity index (χ0n) is 21.3. The van der Waals surface area contributed by atoms with E-state index in [1.54, 1.807) is 0 Å². The first-order valence-electron chi connectivity index (χ1n) is 12.9. The number of benzene rings is 5. The third-order valence-electron chi connectivity index (χ3n) is 7.75. The highest BCUT2D eigenvalue weighted by atomic mass is 35.5. The van der Waals surface area contributed by atoms with Crippen LogP contribution in [0.4, 0.5) is 11.6 Å². The van der Waals surface area contributed by atoms with E-state index in [-0.39, 0.29) is 5.41 Å². The second-order valence-electron chi connectivity index (χ2n) is 10.5. The summed E-state index contributed by atoms with van der Waals surface area (Å²) in [6, 6.07) is 40.0. The predicted molar refractivity (Wildman–Crippen MR) is 159 cm³/mol. The lowest BCUT2D eigenvalue weighted by Crippen LogP contribution is -2.14. The highest BCUT2D eigenvalue weighted by molar-refractivity contribution is 6.36. The molecule has 7 rings (SSSR count). The van der Waals surface area contributed by atoms with E-state index in [0.717, 1.165) is 43.9 Å². The molecule has 1 aromatic heterocycles. The molecule has 0 spiro atoms. The molecule has 1 aliphatic rings. The van der Waals surface area contributed by atoms with Gasteiger partial charge in [-0.25, -0.2) is 0 Å². The summed E-state index contributed by atoms with van der Waals surface area (Å²) in [5, 5.41) is 5.27. The Labute approximate surface area is 227 Å². The van der Waals surface area contributed by atoms with Crippen molar-refractivity contribution in [3.8, 4) is 33.4 Å². The standard InChI is InChI=1S/C35H26ClNO/c1-35(2)29-14-7-6-13-28(29)33-30(35)18-17-27(34(33)36)24-15-16-25-21-32(38-31(25)20-24)37-26-12-8-11-23(19-26)22-9-4-3-5-10-22/h3-21,37H,1-2H3. The minimum Gasteiger partial charge on any atom is -0.440 e. The van der Waals surface area contributed by atoms with Gasteiger partial charge in [-0.1, -0.05) is 116 Å². The van der Waals surface area contributed by atoms with Crippen LogP contribution in [-0.2, 0) is 5.41 Å². The van der Waals surface area contributed by atoms with Gasteiger partial charge in [-0.15, -0.1) is 0 Å². The maximum Gasteiger partial charge on any atom is 0.198 e. The minimum atomic E-state index is -0.0720. The van der Waals surface area contributed by atoms with E-state index in [0.29, 0.717) is 5.88 Å². The summed E-state index contributed by atoms with van der Waals surface area (Å²) in [5.74, 6) is 0.707. The van der Waals surface area contributed by atoms with Gasteiger partial charge < -0.3 is 9.73 Å². The number of anilines is 2. The SMILES string of the molecule is CC1(C)c2ccccc2-c2c1ccc(-c1ccc3cc(Nc4cccc(-c5ccccc5)c4)oc3c1)c2Cl. The van der Waals surface area contributed by atoms with E-state index in [4.69, 9.17) is 16.0 Å². The van der Waals surface area contributed by atoms with Crippen molar-refractivity contribution in [3.63, 3.8) is 0 Å². The van der Waals surface area contributed by atoms with E-state index < -0.39 is 0 Å². The van der Waals surface area contributed by atoms with Gasteiger partial charge in [0.25, 0.3) is 0 Å². The number of fused-ring (bicyclic) bond motifs is 4. The molecule has 0 amide bonds. The van der Waals surface area contributed by atoms with Crippen LogP contribution in [0.2, 0.25) is 5.02 Å². The molecule has 0 bridgehead atoms. The average Bonchev–Trinajstić information content (AvgIpc) is 3.45. The summed E-state index contributed by atoms with van der Waals surface area (Å²) in [5.41, 5.74) is 11.1. The van der Waals surface area contributed by atoms with E-state index in [1.165, 1.54) is 22.3 Å². The first kappa shape index (κ1) is 22.9. The number of nitrogens with one attached hydrogen (secondary N) is 1. The summed E-state index contributed by atoms with van der Waals surface area (Å²) in [7, 11) is 0. The van der Waals surface area contributed by atoms with E-state index in [2.05, 4.69) is 122 Å². The molecule has 0 radical (unpaired) electrons. The molecule has 38 heavy (non-hydrogen) atoms. The van der Waals surface area contributed by atoms with Gasteiger partial charge >= 0.3 is 0 Å². The van der Waals surface area contributed by atoms with Gasteiger partial charge in [-0.05, 0) is 51.6 Å². The number of hydrogen-bond acceptors (Lipinski definition) is 2. The fourth-order valence-electron chi connectivity index (χ4n) is 5.78. The molecule has 1 heterocycles. The topological polar surface area (TPSA) is 25.2 Å². The van der Waals surface area contributed by atoms with Crippen molar-refractivity contribution in [1.29, 1.82) is 0 Å². The minimum absolute atomic E-state index is 0.0720. The fourth-order valence-corrected chi connectivity index (χ4v) is 6.16. The number of hydrogen-bond donors (Lipinski definition) is 1. The molecule has 184 valence electrons. The molecule has 0 unspecified atom stereocenters. The highest BCUT2D eigenvalue weighted by Crippen LogP contribution is 2.53. The first-order valence-corrected chi connectivity index (χ1v) is 13.3. The van der Waals surface area contributed by atoms with Gasteiger partial charge in [0, 0.05) is 33.7 Å². The van der Waals surface area contributed by atoms with Crippen molar-refractivity contribution in [1.82, 2.24) is 0 Å². The molecule has 2 nitrogen and oxygen atoms in total. The van der Waals surface area contributed by atoms with E-state index >= 15 is 0 Å². The number of furan rings is 1. The van der Waals surface area contributed by atoms with Crippen LogP contribution in [0.15, 0.2) is 120 Å². The lowest BCUT2D eigenvalue weighted by molar-refractivity contribution is 0.634.